The molecule has 5 nitrogen and oxygen atoms in total. The van der Waals surface area contributed by atoms with E-state index in [2.05, 4.69) is 24.5 Å². The van der Waals surface area contributed by atoms with Crippen LogP contribution in [0.25, 0.3) is 0 Å². The van der Waals surface area contributed by atoms with Crippen molar-refractivity contribution in [1.82, 2.24) is 10.6 Å². The minimum absolute atomic E-state index is 0.0158. The van der Waals surface area contributed by atoms with Crippen molar-refractivity contribution in [2.24, 2.45) is 5.41 Å². The molecule has 1 atom stereocenters. The van der Waals surface area contributed by atoms with E-state index in [1.807, 2.05) is 6.92 Å². The van der Waals surface area contributed by atoms with Gasteiger partial charge < -0.3 is 15.7 Å². The third kappa shape index (κ3) is 7.15. The van der Waals surface area contributed by atoms with Crippen LogP contribution in [0.3, 0.4) is 0 Å². The molecule has 1 aliphatic rings. The Balaban J connectivity index is 2.16. The van der Waals surface area contributed by atoms with Gasteiger partial charge in [0.2, 0.25) is 5.91 Å². The summed E-state index contributed by atoms with van der Waals surface area (Å²) in [5.41, 5.74) is -0.0158. The molecule has 0 bridgehead atoms. The summed E-state index contributed by atoms with van der Waals surface area (Å²) in [5.74, 6) is -0.691. The molecule has 19 heavy (non-hydrogen) atoms. The smallest absolute Gasteiger partial charge is 0.303 e. The van der Waals surface area contributed by atoms with E-state index in [-0.39, 0.29) is 23.8 Å². The summed E-state index contributed by atoms with van der Waals surface area (Å²) in [6, 6.07) is 0.208. The Morgan fingerprint density at radius 2 is 1.95 bits per heavy atom. The molecule has 0 saturated heterocycles. The molecule has 0 radical (unpaired) electrons. The molecule has 0 heterocycles. The number of carboxylic acid groups (broad SMARTS) is 1. The lowest BCUT2D eigenvalue weighted by Crippen LogP contribution is -2.43. The molecule has 1 saturated carbocycles. The zero-order valence-corrected chi connectivity index (χ0v) is 12.2. The summed E-state index contributed by atoms with van der Waals surface area (Å²) in [6.07, 6.45) is 3.92. The van der Waals surface area contributed by atoms with Crippen LogP contribution in [-0.4, -0.2) is 35.6 Å². The molecule has 1 amide bonds. The van der Waals surface area contributed by atoms with Gasteiger partial charge in [-0.2, -0.15) is 0 Å². The fourth-order valence-electron chi connectivity index (χ4n) is 1.84. The van der Waals surface area contributed by atoms with Gasteiger partial charge in [-0.15, -0.1) is 0 Å². The first-order valence-corrected chi connectivity index (χ1v) is 7.06. The quantitative estimate of drug-likeness (QED) is 0.593. The van der Waals surface area contributed by atoms with Crippen LogP contribution in [0.15, 0.2) is 0 Å². The predicted molar refractivity (Wildman–Crippen MR) is 73.9 cm³/mol. The van der Waals surface area contributed by atoms with Gasteiger partial charge in [0.1, 0.15) is 0 Å². The van der Waals surface area contributed by atoms with E-state index in [4.69, 9.17) is 5.11 Å². The highest BCUT2D eigenvalue weighted by atomic mass is 16.4. The maximum absolute atomic E-state index is 11.7. The molecular formula is C14H26N2O3. The summed E-state index contributed by atoms with van der Waals surface area (Å²) < 4.78 is 0. The summed E-state index contributed by atoms with van der Waals surface area (Å²) >= 11 is 0. The van der Waals surface area contributed by atoms with Gasteiger partial charge in [0.25, 0.3) is 0 Å². The van der Waals surface area contributed by atoms with Crippen molar-refractivity contribution in [2.45, 2.75) is 65.0 Å². The molecule has 5 heteroatoms. The molecule has 0 aromatic heterocycles. The fourth-order valence-corrected chi connectivity index (χ4v) is 1.84. The SMILES string of the molecule is CC(NCCC(C)(C)CCC(=O)O)C(=O)NC1CC1. The third-order valence-electron chi connectivity index (χ3n) is 3.58. The van der Waals surface area contributed by atoms with Gasteiger partial charge in [-0.1, -0.05) is 13.8 Å². The number of hydrogen-bond donors (Lipinski definition) is 3. The van der Waals surface area contributed by atoms with E-state index < -0.39 is 5.97 Å². The lowest BCUT2D eigenvalue weighted by molar-refractivity contribution is -0.137. The van der Waals surface area contributed by atoms with Crippen LogP contribution in [0.2, 0.25) is 0 Å². The van der Waals surface area contributed by atoms with E-state index >= 15 is 0 Å². The Kier molecular flexibility index (Phi) is 5.79. The number of rotatable bonds is 9. The molecule has 1 unspecified atom stereocenters. The number of carbonyl (C=O) groups excluding carboxylic acids is 1. The van der Waals surface area contributed by atoms with Crippen LogP contribution in [0.1, 0.15) is 52.9 Å². The molecule has 3 N–H and O–H groups in total. The average molecular weight is 270 g/mol. The number of hydrogen-bond acceptors (Lipinski definition) is 3. The van der Waals surface area contributed by atoms with Crippen molar-refractivity contribution in [3.63, 3.8) is 0 Å². The Morgan fingerprint density at radius 1 is 1.32 bits per heavy atom. The molecule has 1 rings (SSSR count). The van der Waals surface area contributed by atoms with Crippen LogP contribution in [0.4, 0.5) is 0 Å². The summed E-state index contributed by atoms with van der Waals surface area (Å²) in [5, 5.41) is 14.8. The molecule has 1 fully saturated rings. The van der Waals surface area contributed by atoms with Gasteiger partial charge in [0, 0.05) is 12.5 Å². The standard InChI is InChI=1S/C14H26N2O3/c1-10(13(19)16-11-4-5-11)15-9-8-14(2,3)7-6-12(17)18/h10-11,15H,4-9H2,1-3H3,(H,16,19)(H,17,18). The van der Waals surface area contributed by atoms with Crippen molar-refractivity contribution in [3.8, 4) is 0 Å². The first-order chi connectivity index (χ1) is 8.80. The van der Waals surface area contributed by atoms with Crippen molar-refractivity contribution >= 4 is 11.9 Å². The lowest BCUT2D eigenvalue weighted by Gasteiger charge is -2.25. The van der Waals surface area contributed by atoms with Crippen molar-refractivity contribution < 1.29 is 14.7 Å². The van der Waals surface area contributed by atoms with E-state index in [0.717, 1.165) is 25.8 Å². The normalized spacial score (nSPS) is 17.0. The molecular weight excluding hydrogens is 244 g/mol. The van der Waals surface area contributed by atoms with Gasteiger partial charge in [0.15, 0.2) is 0 Å². The Morgan fingerprint density at radius 3 is 2.47 bits per heavy atom. The second-order valence-corrected chi connectivity index (χ2v) is 6.27. The number of carbonyl (C=O) groups is 2. The zero-order valence-electron chi connectivity index (χ0n) is 12.2. The Labute approximate surface area is 115 Å². The van der Waals surface area contributed by atoms with Crippen molar-refractivity contribution in [1.29, 1.82) is 0 Å². The van der Waals surface area contributed by atoms with Gasteiger partial charge in [0.05, 0.1) is 6.04 Å². The van der Waals surface area contributed by atoms with Crippen molar-refractivity contribution in [3.05, 3.63) is 0 Å². The van der Waals surface area contributed by atoms with Crippen LogP contribution in [-0.2, 0) is 9.59 Å². The second-order valence-electron chi connectivity index (χ2n) is 6.27. The molecule has 0 aromatic carbocycles. The lowest BCUT2D eigenvalue weighted by atomic mass is 9.84. The molecule has 110 valence electrons. The van der Waals surface area contributed by atoms with E-state index in [9.17, 15) is 9.59 Å². The number of amides is 1. The van der Waals surface area contributed by atoms with E-state index in [0.29, 0.717) is 12.5 Å². The van der Waals surface area contributed by atoms with Crippen LogP contribution < -0.4 is 10.6 Å². The predicted octanol–water partition coefficient (Wildman–Crippen LogP) is 1.52. The topological polar surface area (TPSA) is 78.4 Å². The molecule has 1 aliphatic carbocycles. The Bertz CT molecular complexity index is 325. The largest absolute Gasteiger partial charge is 0.481 e. The van der Waals surface area contributed by atoms with Crippen LogP contribution >= 0.6 is 0 Å². The van der Waals surface area contributed by atoms with Gasteiger partial charge in [-0.25, -0.2) is 0 Å². The summed E-state index contributed by atoms with van der Waals surface area (Å²) in [7, 11) is 0. The maximum Gasteiger partial charge on any atom is 0.303 e. The van der Waals surface area contributed by atoms with Gasteiger partial charge in [-0.3, -0.25) is 9.59 Å². The third-order valence-corrected chi connectivity index (χ3v) is 3.58. The first kappa shape index (κ1) is 16.0. The number of carboxylic acids is 1. The number of aliphatic carboxylic acids is 1. The first-order valence-electron chi connectivity index (χ1n) is 7.06. The Hall–Kier alpha value is -1.10. The summed E-state index contributed by atoms with van der Waals surface area (Å²) in [4.78, 5) is 22.3. The highest BCUT2D eigenvalue weighted by Gasteiger charge is 2.25. The highest BCUT2D eigenvalue weighted by molar-refractivity contribution is 5.81. The molecule has 0 aliphatic heterocycles. The highest BCUT2D eigenvalue weighted by Crippen LogP contribution is 2.26. The van der Waals surface area contributed by atoms with E-state index in [1.54, 1.807) is 0 Å². The number of nitrogens with one attached hydrogen (secondary N) is 2. The summed E-state index contributed by atoms with van der Waals surface area (Å²) in [6.45, 7) is 6.72. The average Bonchev–Trinajstić information content (AvgIpc) is 3.10. The fraction of sp³-hybridized carbons (Fsp3) is 0.857. The maximum atomic E-state index is 11.7. The van der Waals surface area contributed by atoms with Crippen molar-refractivity contribution in [2.75, 3.05) is 6.54 Å². The van der Waals surface area contributed by atoms with Gasteiger partial charge in [-0.05, 0) is 44.6 Å². The molecule has 0 aromatic rings. The van der Waals surface area contributed by atoms with Crippen LogP contribution in [0.5, 0.6) is 0 Å². The van der Waals surface area contributed by atoms with E-state index in [1.165, 1.54) is 0 Å². The van der Waals surface area contributed by atoms with Crippen LogP contribution in [0, 0.1) is 5.41 Å². The second kappa shape index (κ2) is 6.89. The minimum Gasteiger partial charge on any atom is -0.481 e. The minimum atomic E-state index is -0.752. The molecule has 0 spiro atoms. The van der Waals surface area contributed by atoms with Gasteiger partial charge >= 0.3 is 5.97 Å². The zero-order chi connectivity index (χ0) is 14.5. The monoisotopic (exact) mass is 270 g/mol.